The number of rotatable bonds is 3. The van der Waals surface area contributed by atoms with Crippen molar-refractivity contribution < 1.29 is 0 Å². The molecule has 230 valence electrons. The maximum absolute atomic E-state index is 2.64. The van der Waals surface area contributed by atoms with E-state index >= 15 is 0 Å². The first kappa shape index (κ1) is 30.4. The van der Waals surface area contributed by atoms with Crippen LogP contribution < -0.4 is 20.6 Å². The van der Waals surface area contributed by atoms with E-state index in [-0.39, 0.29) is 23.0 Å². The summed E-state index contributed by atoms with van der Waals surface area (Å²) in [6, 6.07) is 26.3. The lowest BCUT2D eigenvalue weighted by Gasteiger charge is -2.43. The zero-order valence-electron chi connectivity index (χ0n) is 28.5. The van der Waals surface area contributed by atoms with Crippen LogP contribution in [0.5, 0.6) is 0 Å². The Balaban J connectivity index is 1.46. The van der Waals surface area contributed by atoms with Crippen molar-refractivity contribution in [2.45, 2.75) is 103 Å². The fourth-order valence-corrected chi connectivity index (χ4v) is 9.59. The Labute approximate surface area is 276 Å². The second kappa shape index (κ2) is 10.9. The second-order valence-corrected chi connectivity index (χ2v) is 17.1. The molecule has 0 N–H and O–H groups in total. The lowest BCUT2D eigenvalue weighted by atomic mass is 9.37. The van der Waals surface area contributed by atoms with Crippen molar-refractivity contribution >= 4 is 50.8 Å². The summed E-state index contributed by atoms with van der Waals surface area (Å²) in [5.74, 6) is 0.480. The molecule has 1 unspecified atom stereocenters. The predicted molar refractivity (Wildman–Crippen MR) is 199 cm³/mol. The van der Waals surface area contributed by atoms with Crippen LogP contribution in [0.25, 0.3) is 0 Å². The summed E-state index contributed by atoms with van der Waals surface area (Å²) < 4.78 is 1.51. The summed E-state index contributed by atoms with van der Waals surface area (Å²) in [5.41, 5.74) is 12.9. The number of aryl methyl sites for hydroxylation is 1. The highest BCUT2D eigenvalue weighted by molar-refractivity contribution is 7.29. The van der Waals surface area contributed by atoms with Crippen LogP contribution in [0.3, 0.4) is 0 Å². The molecule has 1 aromatic heterocycles. The Morgan fingerprint density at radius 1 is 0.844 bits per heavy atom. The molecule has 0 spiro atoms. The molecular weight excluding hydrogens is 561 g/mol. The molecule has 1 aliphatic heterocycles. The van der Waals surface area contributed by atoms with Gasteiger partial charge in [-0.15, -0.1) is 0 Å². The standard InChI is InChI=1S/C42H48BNS/c1-28-15-24-34-35(27-28)44(33-22-18-31(19-23-33)40(2,3)4)37-36-38(42(7,8)26-25-41(36,5)6)45-39(37)43(34)32-20-16-30(17-21-32)29-13-11-9-10-12-14-29/h9-11,13,15-24,27,29H,12,14,25-26H2,1-8H3. The largest absolute Gasteiger partial charge is 0.310 e. The summed E-state index contributed by atoms with van der Waals surface area (Å²) >= 11 is 2.10. The van der Waals surface area contributed by atoms with Gasteiger partial charge in [-0.2, -0.15) is 11.3 Å². The van der Waals surface area contributed by atoms with Crippen molar-refractivity contribution in [2.75, 3.05) is 4.90 Å². The molecule has 3 aliphatic rings. The summed E-state index contributed by atoms with van der Waals surface area (Å²) in [4.78, 5) is 4.22. The highest BCUT2D eigenvalue weighted by Crippen LogP contribution is 2.55. The van der Waals surface area contributed by atoms with Crippen LogP contribution in [0, 0.1) is 6.92 Å². The first-order valence-corrected chi connectivity index (χ1v) is 17.8. The molecule has 0 radical (unpaired) electrons. The number of hydrogen-bond acceptors (Lipinski definition) is 2. The van der Waals surface area contributed by atoms with E-state index in [4.69, 9.17) is 0 Å². The Hall–Kier alpha value is -3.30. The average Bonchev–Trinajstić information content (AvgIpc) is 3.21. The molecule has 0 saturated heterocycles. The fourth-order valence-electron chi connectivity index (χ4n) is 7.85. The Morgan fingerprint density at radius 2 is 1.56 bits per heavy atom. The minimum atomic E-state index is 0.105. The van der Waals surface area contributed by atoms with Crippen molar-refractivity contribution in [3.8, 4) is 0 Å². The van der Waals surface area contributed by atoms with Gasteiger partial charge in [0, 0.05) is 26.9 Å². The van der Waals surface area contributed by atoms with Crippen molar-refractivity contribution in [3.05, 3.63) is 118 Å². The van der Waals surface area contributed by atoms with E-state index in [0.717, 1.165) is 6.42 Å². The van der Waals surface area contributed by atoms with E-state index < -0.39 is 0 Å². The quantitative estimate of drug-likeness (QED) is 0.184. The van der Waals surface area contributed by atoms with Crippen molar-refractivity contribution in [2.24, 2.45) is 0 Å². The van der Waals surface area contributed by atoms with Crippen LogP contribution in [0.2, 0.25) is 0 Å². The third-order valence-corrected chi connectivity index (χ3v) is 12.3. The SMILES string of the molecule is Cc1ccc2c(c1)N(c1ccc(C(C)(C)C)cc1)c1c(sc3c1C(C)(C)CCC3(C)C)B2c1ccc(C2C=CC=CCC2)cc1. The van der Waals surface area contributed by atoms with E-state index in [1.54, 1.807) is 10.4 Å². The van der Waals surface area contributed by atoms with Crippen molar-refractivity contribution in [1.29, 1.82) is 0 Å². The van der Waals surface area contributed by atoms with Gasteiger partial charge >= 0.3 is 0 Å². The molecule has 0 amide bonds. The van der Waals surface area contributed by atoms with Crippen LogP contribution >= 0.6 is 11.3 Å². The maximum atomic E-state index is 2.64. The van der Waals surface area contributed by atoms with Crippen LogP contribution in [0.1, 0.15) is 107 Å². The van der Waals surface area contributed by atoms with Crippen LogP contribution in [0.4, 0.5) is 17.1 Å². The molecule has 7 rings (SSSR count). The zero-order chi connectivity index (χ0) is 31.7. The van der Waals surface area contributed by atoms with Crippen LogP contribution in [-0.2, 0) is 16.2 Å². The van der Waals surface area contributed by atoms with E-state index in [0.29, 0.717) is 5.92 Å². The van der Waals surface area contributed by atoms with E-state index in [9.17, 15) is 0 Å². The van der Waals surface area contributed by atoms with Gasteiger partial charge in [-0.1, -0.05) is 127 Å². The van der Waals surface area contributed by atoms with Gasteiger partial charge in [-0.3, -0.25) is 0 Å². The highest BCUT2D eigenvalue weighted by Gasteiger charge is 2.47. The molecule has 45 heavy (non-hydrogen) atoms. The second-order valence-electron chi connectivity index (χ2n) is 16.1. The number of fused-ring (bicyclic) bond motifs is 4. The molecule has 2 heterocycles. The van der Waals surface area contributed by atoms with Gasteiger partial charge in [0.2, 0.25) is 0 Å². The molecule has 4 aromatic rings. The monoisotopic (exact) mass is 609 g/mol. The van der Waals surface area contributed by atoms with Gasteiger partial charge < -0.3 is 4.90 Å². The van der Waals surface area contributed by atoms with Crippen molar-refractivity contribution in [3.63, 3.8) is 0 Å². The normalized spacial score (nSPS) is 20.0. The molecule has 1 nitrogen and oxygen atoms in total. The molecule has 3 heteroatoms. The minimum Gasteiger partial charge on any atom is -0.310 e. The van der Waals surface area contributed by atoms with Gasteiger partial charge in [-0.05, 0) is 94.8 Å². The van der Waals surface area contributed by atoms with Crippen LogP contribution in [-0.4, -0.2) is 6.71 Å². The van der Waals surface area contributed by atoms with E-state index in [1.807, 2.05) is 0 Å². The summed E-state index contributed by atoms with van der Waals surface area (Å²) in [7, 11) is 0. The van der Waals surface area contributed by atoms with Crippen LogP contribution in [0.15, 0.2) is 91.0 Å². The van der Waals surface area contributed by atoms with Gasteiger partial charge in [0.25, 0.3) is 6.71 Å². The fraction of sp³-hybridized carbons (Fsp3) is 0.381. The summed E-state index contributed by atoms with van der Waals surface area (Å²) in [5, 5.41) is 0. The highest BCUT2D eigenvalue weighted by atomic mass is 32.1. The average molecular weight is 610 g/mol. The Morgan fingerprint density at radius 3 is 2.27 bits per heavy atom. The lowest BCUT2D eigenvalue weighted by Crippen LogP contribution is -2.56. The third-order valence-electron chi connectivity index (χ3n) is 10.7. The van der Waals surface area contributed by atoms with Gasteiger partial charge in [0.05, 0.1) is 5.69 Å². The number of thiophene rings is 1. The molecule has 0 saturated carbocycles. The van der Waals surface area contributed by atoms with E-state index in [2.05, 4.69) is 163 Å². The van der Waals surface area contributed by atoms with E-state index in [1.165, 1.54) is 68.7 Å². The molecule has 0 fully saturated rings. The number of anilines is 3. The predicted octanol–water partition coefficient (Wildman–Crippen LogP) is 9.99. The number of hydrogen-bond donors (Lipinski definition) is 0. The summed E-state index contributed by atoms with van der Waals surface area (Å²) in [6.07, 6.45) is 13.8. The molecular formula is C42H48BNS. The first-order chi connectivity index (χ1) is 21.3. The molecule has 2 aliphatic carbocycles. The van der Waals surface area contributed by atoms with Gasteiger partial charge in [0.15, 0.2) is 0 Å². The Bertz CT molecular complexity index is 1790. The minimum absolute atomic E-state index is 0.105. The molecule has 3 aromatic carbocycles. The first-order valence-electron chi connectivity index (χ1n) is 17.0. The molecule has 1 atom stereocenters. The summed E-state index contributed by atoms with van der Waals surface area (Å²) in [6.45, 7) is 19.3. The number of allylic oxidation sites excluding steroid dienone is 4. The zero-order valence-corrected chi connectivity index (χ0v) is 29.3. The number of benzene rings is 3. The number of nitrogens with zero attached hydrogens (tertiary/aromatic N) is 1. The third kappa shape index (κ3) is 5.26. The molecule has 0 bridgehead atoms. The lowest BCUT2D eigenvalue weighted by molar-refractivity contribution is 0.339. The van der Waals surface area contributed by atoms with Gasteiger partial charge in [0.1, 0.15) is 0 Å². The topological polar surface area (TPSA) is 3.24 Å². The Kier molecular flexibility index (Phi) is 7.36. The smallest absolute Gasteiger partial charge is 0.259 e. The van der Waals surface area contributed by atoms with Crippen molar-refractivity contribution in [1.82, 2.24) is 0 Å². The van der Waals surface area contributed by atoms with Gasteiger partial charge in [-0.25, -0.2) is 0 Å². The maximum Gasteiger partial charge on any atom is 0.259 e.